The van der Waals surface area contributed by atoms with Gasteiger partial charge >= 0.3 is 0 Å². The molecule has 1 amide bonds. The highest BCUT2D eigenvalue weighted by atomic mass is 19.3. The molecule has 2 saturated carbocycles. The number of nitrogens with one attached hydrogen (secondary N) is 2. The van der Waals surface area contributed by atoms with Gasteiger partial charge in [-0.25, -0.2) is 22.0 Å². The number of carbonyl (C=O) groups excluding carboxylic acids is 1. The van der Waals surface area contributed by atoms with E-state index >= 15 is 0 Å². The van der Waals surface area contributed by atoms with Crippen molar-refractivity contribution in [2.75, 3.05) is 13.1 Å². The Kier molecular flexibility index (Phi) is 7.54. The van der Waals surface area contributed by atoms with Crippen molar-refractivity contribution in [2.24, 2.45) is 0 Å². The van der Waals surface area contributed by atoms with Gasteiger partial charge in [0.05, 0.1) is 18.6 Å². The van der Waals surface area contributed by atoms with Crippen molar-refractivity contribution in [3.05, 3.63) is 59.2 Å². The lowest BCUT2D eigenvalue weighted by Crippen LogP contribution is -2.59. The summed E-state index contributed by atoms with van der Waals surface area (Å²) in [5, 5.41) is 5.42. The molecule has 3 fully saturated rings. The minimum absolute atomic E-state index is 0.111. The number of piperidine rings is 1. The molecule has 2 aromatic rings. The van der Waals surface area contributed by atoms with Crippen LogP contribution < -0.4 is 10.6 Å². The highest BCUT2D eigenvalue weighted by Crippen LogP contribution is 2.46. The summed E-state index contributed by atoms with van der Waals surface area (Å²) in [7, 11) is 0. The number of carbonyl (C=O) groups is 1. The van der Waals surface area contributed by atoms with Crippen molar-refractivity contribution in [1.29, 1.82) is 0 Å². The Hall–Kier alpha value is -2.52. The van der Waals surface area contributed by atoms with Gasteiger partial charge in [0.15, 0.2) is 0 Å². The van der Waals surface area contributed by atoms with Crippen LogP contribution in [-0.4, -0.2) is 49.3 Å². The number of halogens is 5. The Bertz CT molecular complexity index is 1120. The molecule has 2 N–H and O–H groups in total. The molecule has 0 bridgehead atoms. The molecule has 0 aromatic heterocycles. The molecule has 2 aliphatic carbocycles. The number of benzene rings is 2. The first kappa shape index (κ1) is 26.1. The van der Waals surface area contributed by atoms with Gasteiger partial charge in [-0.05, 0) is 79.0 Å². The Labute approximate surface area is 213 Å². The zero-order valence-corrected chi connectivity index (χ0v) is 20.4. The van der Waals surface area contributed by atoms with Gasteiger partial charge < -0.3 is 15.4 Å². The number of hydrogen-bond donors (Lipinski definition) is 2. The average molecular weight is 523 g/mol. The third-order valence-electron chi connectivity index (χ3n) is 7.55. The third-order valence-corrected chi connectivity index (χ3v) is 7.55. The summed E-state index contributed by atoms with van der Waals surface area (Å²) in [6.07, 6.45) is -0.939. The van der Waals surface area contributed by atoms with Gasteiger partial charge in [0.25, 0.3) is 5.92 Å². The lowest BCUT2D eigenvalue weighted by Gasteiger charge is -2.41. The maximum absolute atomic E-state index is 15.0. The van der Waals surface area contributed by atoms with Crippen LogP contribution in [0.15, 0.2) is 36.4 Å². The van der Waals surface area contributed by atoms with E-state index in [4.69, 9.17) is 4.74 Å². The summed E-state index contributed by atoms with van der Waals surface area (Å²) in [5.41, 5.74) is 2.47. The fourth-order valence-corrected chi connectivity index (χ4v) is 5.63. The second-order valence-corrected chi connectivity index (χ2v) is 10.4. The molecule has 0 radical (unpaired) electrons. The number of alkyl halides is 3. The molecular formula is C28H31F5N2O2. The fourth-order valence-electron chi connectivity index (χ4n) is 5.63. The van der Waals surface area contributed by atoms with Crippen LogP contribution in [0, 0.1) is 11.6 Å². The number of hydrogen-bond acceptors (Lipinski definition) is 3. The summed E-state index contributed by atoms with van der Waals surface area (Å²) in [5.74, 6) is -5.03. The van der Waals surface area contributed by atoms with Crippen molar-refractivity contribution < 1.29 is 31.5 Å². The molecule has 9 heteroatoms. The topological polar surface area (TPSA) is 50.4 Å². The molecule has 3 aliphatic rings. The summed E-state index contributed by atoms with van der Waals surface area (Å²) >= 11 is 0. The average Bonchev–Trinajstić information content (AvgIpc) is 3.67. The molecule has 1 heterocycles. The molecule has 0 spiro atoms. The second kappa shape index (κ2) is 10.7. The van der Waals surface area contributed by atoms with Crippen LogP contribution in [-0.2, 0) is 16.0 Å². The molecule has 2 aromatic carbocycles. The zero-order chi connectivity index (χ0) is 26.2. The highest BCUT2D eigenvalue weighted by Gasteiger charge is 2.49. The van der Waals surface area contributed by atoms with E-state index in [0.29, 0.717) is 36.1 Å². The van der Waals surface area contributed by atoms with E-state index in [1.54, 1.807) is 18.2 Å². The van der Waals surface area contributed by atoms with Crippen molar-refractivity contribution in [2.45, 2.75) is 81.2 Å². The zero-order valence-electron chi connectivity index (χ0n) is 20.4. The molecule has 200 valence electrons. The maximum atomic E-state index is 15.0. The number of rotatable bonds is 7. The van der Waals surface area contributed by atoms with E-state index in [2.05, 4.69) is 10.6 Å². The molecule has 0 unspecified atom stereocenters. The van der Waals surface area contributed by atoms with E-state index in [1.807, 2.05) is 0 Å². The lowest BCUT2D eigenvalue weighted by molar-refractivity contribution is -0.162. The fraction of sp³-hybridized carbons (Fsp3) is 0.536. The van der Waals surface area contributed by atoms with Gasteiger partial charge in [-0.1, -0.05) is 18.2 Å². The molecular weight excluding hydrogens is 491 g/mol. The van der Waals surface area contributed by atoms with Crippen LogP contribution in [0.25, 0.3) is 11.1 Å². The minimum Gasteiger partial charge on any atom is -0.369 e. The molecule has 1 aliphatic heterocycles. The molecule has 5 rings (SSSR count). The summed E-state index contributed by atoms with van der Waals surface area (Å²) < 4.78 is 77.9. The lowest BCUT2D eigenvalue weighted by atomic mass is 9.87. The van der Waals surface area contributed by atoms with Crippen molar-refractivity contribution in [3.8, 4) is 11.1 Å². The van der Waals surface area contributed by atoms with Gasteiger partial charge in [-0.15, -0.1) is 0 Å². The van der Waals surface area contributed by atoms with Crippen LogP contribution in [0.2, 0.25) is 0 Å². The van der Waals surface area contributed by atoms with E-state index in [-0.39, 0.29) is 31.7 Å². The molecule has 4 atom stereocenters. The maximum Gasteiger partial charge on any atom is 0.270 e. The number of amides is 1. The van der Waals surface area contributed by atoms with Crippen LogP contribution in [0.3, 0.4) is 0 Å². The van der Waals surface area contributed by atoms with E-state index in [0.717, 1.165) is 24.5 Å². The summed E-state index contributed by atoms with van der Waals surface area (Å²) in [6.45, 7) is 0.654. The van der Waals surface area contributed by atoms with Gasteiger partial charge in [-0.3, -0.25) is 4.79 Å². The Morgan fingerprint density at radius 3 is 2.51 bits per heavy atom. The normalized spacial score (nSPS) is 27.6. The Balaban J connectivity index is 1.36. The van der Waals surface area contributed by atoms with Crippen LogP contribution >= 0.6 is 0 Å². The minimum atomic E-state index is -3.18. The van der Waals surface area contributed by atoms with Gasteiger partial charge in [0.2, 0.25) is 5.91 Å². The SMILES string of the molecule is O=C(Cc1cccc(-c2cc(F)cc(F)c2)c1C1CC1)N[C@@H]1[C@@H](O[C@@H]2CCNC[C@@H]2F)CCCC1(F)F. The monoisotopic (exact) mass is 522 g/mol. The Morgan fingerprint density at radius 2 is 1.81 bits per heavy atom. The van der Waals surface area contributed by atoms with Gasteiger partial charge in [0.1, 0.15) is 23.8 Å². The van der Waals surface area contributed by atoms with Crippen LogP contribution in [0.5, 0.6) is 0 Å². The van der Waals surface area contributed by atoms with Crippen molar-refractivity contribution >= 4 is 5.91 Å². The van der Waals surface area contributed by atoms with Crippen molar-refractivity contribution in [1.82, 2.24) is 10.6 Å². The van der Waals surface area contributed by atoms with E-state index in [9.17, 15) is 26.7 Å². The van der Waals surface area contributed by atoms with E-state index < -0.39 is 47.9 Å². The van der Waals surface area contributed by atoms with Gasteiger partial charge in [-0.2, -0.15) is 0 Å². The smallest absolute Gasteiger partial charge is 0.270 e. The number of ether oxygens (including phenoxy) is 1. The first-order valence-corrected chi connectivity index (χ1v) is 13.0. The predicted octanol–water partition coefficient (Wildman–Crippen LogP) is 5.44. The van der Waals surface area contributed by atoms with Gasteiger partial charge in [0, 0.05) is 19.0 Å². The molecule has 37 heavy (non-hydrogen) atoms. The highest BCUT2D eigenvalue weighted by molar-refractivity contribution is 5.81. The first-order chi connectivity index (χ1) is 17.7. The van der Waals surface area contributed by atoms with Crippen LogP contribution in [0.1, 0.15) is 55.6 Å². The van der Waals surface area contributed by atoms with E-state index in [1.165, 1.54) is 12.1 Å². The standard InChI is InChI=1S/C28H31F5N2O2/c29-19-11-18(12-20(30)14-19)21-4-1-3-17(26(21)16-6-7-16)13-25(36)35-27-24(5-2-9-28(27,32)33)37-23-8-10-34-15-22(23)31/h1,3-4,11-12,14,16,22-24,27,34H,2,5-10,13,15H2,(H,35,36)/t22-,23+,24-,27+/m0/s1. The van der Waals surface area contributed by atoms with Crippen molar-refractivity contribution in [3.63, 3.8) is 0 Å². The molecule has 4 nitrogen and oxygen atoms in total. The third kappa shape index (κ3) is 5.98. The second-order valence-electron chi connectivity index (χ2n) is 10.4. The Morgan fingerprint density at radius 1 is 1.05 bits per heavy atom. The van der Waals surface area contributed by atoms with Crippen LogP contribution in [0.4, 0.5) is 22.0 Å². The quantitative estimate of drug-likeness (QED) is 0.476. The predicted molar refractivity (Wildman–Crippen MR) is 129 cm³/mol. The first-order valence-electron chi connectivity index (χ1n) is 13.0. The molecule has 1 saturated heterocycles. The summed E-state index contributed by atoms with van der Waals surface area (Å²) in [6, 6.07) is 6.95. The summed E-state index contributed by atoms with van der Waals surface area (Å²) in [4.78, 5) is 13.1. The largest absolute Gasteiger partial charge is 0.369 e.